The van der Waals surface area contributed by atoms with E-state index >= 15 is 0 Å². The Morgan fingerprint density at radius 2 is 1.77 bits per heavy atom. The summed E-state index contributed by atoms with van der Waals surface area (Å²) in [5.41, 5.74) is 2.40. The van der Waals surface area contributed by atoms with E-state index in [0.29, 0.717) is 23.5 Å². The molecule has 31 heavy (non-hydrogen) atoms. The van der Waals surface area contributed by atoms with Crippen LogP contribution in [0.15, 0.2) is 60.8 Å². The van der Waals surface area contributed by atoms with Gasteiger partial charge in [-0.2, -0.15) is 5.26 Å². The van der Waals surface area contributed by atoms with E-state index in [2.05, 4.69) is 16.0 Å². The standard InChI is InChI=1S/C25H24FN3O2/c1-25(2,3)31-24(30)15-21(19-8-10-20(26)11-9-19)22-12-13-28-23(29-22)14-17-4-6-18(16-27)7-5-17/h4-13,21H,14-15H2,1-3H3. The summed E-state index contributed by atoms with van der Waals surface area (Å²) in [6.07, 6.45) is 2.23. The number of nitrogens with zero attached hydrogens (tertiary/aromatic N) is 3. The molecule has 0 N–H and O–H groups in total. The zero-order valence-corrected chi connectivity index (χ0v) is 17.8. The molecule has 3 aromatic rings. The molecule has 3 rings (SSSR count). The SMILES string of the molecule is CC(C)(C)OC(=O)CC(c1ccc(F)cc1)c1ccnc(Cc2ccc(C#N)cc2)n1. The lowest BCUT2D eigenvalue weighted by atomic mass is 9.92. The van der Waals surface area contributed by atoms with Crippen LogP contribution < -0.4 is 0 Å². The largest absolute Gasteiger partial charge is 0.460 e. The summed E-state index contributed by atoms with van der Waals surface area (Å²) < 4.78 is 19.0. The number of carbonyl (C=O) groups excluding carboxylic acids is 1. The highest BCUT2D eigenvalue weighted by atomic mass is 19.1. The minimum absolute atomic E-state index is 0.0796. The maximum atomic E-state index is 13.5. The van der Waals surface area contributed by atoms with E-state index in [1.807, 2.05) is 32.9 Å². The molecule has 0 aliphatic rings. The number of benzene rings is 2. The summed E-state index contributed by atoms with van der Waals surface area (Å²) >= 11 is 0. The monoisotopic (exact) mass is 417 g/mol. The van der Waals surface area contributed by atoms with Crippen molar-refractivity contribution in [2.24, 2.45) is 0 Å². The Kier molecular flexibility index (Phi) is 6.76. The minimum atomic E-state index is -0.600. The van der Waals surface area contributed by atoms with Gasteiger partial charge in [0.2, 0.25) is 0 Å². The fourth-order valence-electron chi connectivity index (χ4n) is 3.21. The number of carbonyl (C=O) groups is 1. The number of hydrogen-bond acceptors (Lipinski definition) is 5. The molecule has 0 spiro atoms. The van der Waals surface area contributed by atoms with Crippen LogP contribution in [0.4, 0.5) is 4.39 Å². The first-order chi connectivity index (χ1) is 14.7. The molecule has 1 aromatic heterocycles. The van der Waals surface area contributed by atoms with Crippen molar-refractivity contribution in [2.45, 2.75) is 45.1 Å². The number of nitriles is 1. The topological polar surface area (TPSA) is 75.9 Å². The summed E-state index contributed by atoms with van der Waals surface area (Å²) in [6, 6.07) is 17.2. The van der Waals surface area contributed by atoms with Crippen molar-refractivity contribution < 1.29 is 13.9 Å². The van der Waals surface area contributed by atoms with Crippen LogP contribution in [0.3, 0.4) is 0 Å². The van der Waals surface area contributed by atoms with Crippen LogP contribution in [0.25, 0.3) is 0 Å². The summed E-state index contributed by atoms with van der Waals surface area (Å²) in [6.45, 7) is 5.45. The molecule has 0 radical (unpaired) electrons. The van der Waals surface area contributed by atoms with E-state index in [-0.39, 0.29) is 18.2 Å². The Bertz CT molecular complexity index is 1080. The third-order valence-corrected chi connectivity index (χ3v) is 4.59. The quantitative estimate of drug-likeness (QED) is 0.531. The predicted octanol–water partition coefficient (Wildman–Crippen LogP) is 4.94. The van der Waals surface area contributed by atoms with Crippen molar-refractivity contribution in [3.05, 3.63) is 94.8 Å². The van der Waals surface area contributed by atoms with Crippen molar-refractivity contribution in [2.75, 3.05) is 0 Å². The summed E-state index contributed by atoms with van der Waals surface area (Å²) in [5.74, 6) is -0.491. The number of aromatic nitrogens is 2. The number of esters is 1. The Labute approximate surface area is 181 Å². The van der Waals surface area contributed by atoms with E-state index in [4.69, 9.17) is 10.00 Å². The van der Waals surface area contributed by atoms with Gasteiger partial charge in [-0.25, -0.2) is 14.4 Å². The van der Waals surface area contributed by atoms with Gasteiger partial charge in [0, 0.05) is 18.5 Å². The second-order valence-corrected chi connectivity index (χ2v) is 8.28. The molecule has 6 heteroatoms. The third-order valence-electron chi connectivity index (χ3n) is 4.59. The van der Waals surface area contributed by atoms with E-state index < -0.39 is 11.5 Å². The van der Waals surface area contributed by atoms with E-state index in [1.165, 1.54) is 12.1 Å². The molecular formula is C25H24FN3O2. The van der Waals surface area contributed by atoms with E-state index in [1.54, 1.807) is 36.5 Å². The second-order valence-electron chi connectivity index (χ2n) is 8.28. The molecule has 0 bridgehead atoms. The van der Waals surface area contributed by atoms with Gasteiger partial charge in [0.1, 0.15) is 17.2 Å². The average molecular weight is 417 g/mol. The van der Waals surface area contributed by atoms with Gasteiger partial charge in [0.15, 0.2) is 0 Å². The molecule has 2 aromatic carbocycles. The second kappa shape index (κ2) is 9.48. The molecule has 1 unspecified atom stereocenters. The molecule has 5 nitrogen and oxygen atoms in total. The Morgan fingerprint density at radius 3 is 2.39 bits per heavy atom. The molecule has 1 atom stereocenters. The van der Waals surface area contributed by atoms with Crippen LogP contribution in [0, 0.1) is 17.1 Å². The van der Waals surface area contributed by atoms with Gasteiger partial charge in [-0.05, 0) is 62.2 Å². The summed E-state index contributed by atoms with van der Waals surface area (Å²) in [4.78, 5) is 21.6. The lowest BCUT2D eigenvalue weighted by molar-refractivity contribution is -0.155. The third kappa shape index (κ3) is 6.45. The van der Waals surface area contributed by atoms with Gasteiger partial charge in [0.05, 0.1) is 23.7 Å². The highest BCUT2D eigenvalue weighted by molar-refractivity contribution is 5.71. The van der Waals surface area contributed by atoms with Gasteiger partial charge < -0.3 is 4.74 Å². The maximum Gasteiger partial charge on any atom is 0.307 e. The van der Waals surface area contributed by atoms with E-state index in [9.17, 15) is 9.18 Å². The van der Waals surface area contributed by atoms with Crippen LogP contribution in [-0.2, 0) is 16.0 Å². The first-order valence-corrected chi connectivity index (χ1v) is 10.0. The first-order valence-electron chi connectivity index (χ1n) is 10.0. The lowest BCUT2D eigenvalue weighted by Crippen LogP contribution is -2.25. The predicted molar refractivity (Wildman–Crippen MR) is 115 cm³/mol. The van der Waals surface area contributed by atoms with Crippen LogP contribution in [0.1, 0.15) is 61.3 Å². The van der Waals surface area contributed by atoms with Gasteiger partial charge in [-0.15, -0.1) is 0 Å². The lowest BCUT2D eigenvalue weighted by Gasteiger charge is -2.22. The highest BCUT2D eigenvalue weighted by Crippen LogP contribution is 2.28. The van der Waals surface area contributed by atoms with Gasteiger partial charge >= 0.3 is 5.97 Å². The molecule has 0 aliphatic carbocycles. The average Bonchev–Trinajstić information content (AvgIpc) is 2.72. The van der Waals surface area contributed by atoms with Crippen molar-refractivity contribution >= 4 is 5.97 Å². The number of rotatable bonds is 6. The molecular weight excluding hydrogens is 393 g/mol. The van der Waals surface area contributed by atoms with Crippen molar-refractivity contribution in [1.29, 1.82) is 5.26 Å². The Hall–Kier alpha value is -3.59. The summed E-state index contributed by atoms with van der Waals surface area (Å²) in [7, 11) is 0. The summed E-state index contributed by atoms with van der Waals surface area (Å²) in [5, 5.41) is 8.95. The van der Waals surface area contributed by atoms with Gasteiger partial charge in [0.25, 0.3) is 0 Å². The minimum Gasteiger partial charge on any atom is -0.460 e. The van der Waals surface area contributed by atoms with Gasteiger partial charge in [-0.1, -0.05) is 24.3 Å². The number of halogens is 1. The highest BCUT2D eigenvalue weighted by Gasteiger charge is 2.24. The molecule has 0 saturated heterocycles. The zero-order chi connectivity index (χ0) is 22.4. The fraction of sp³-hybridized carbons (Fsp3) is 0.280. The van der Waals surface area contributed by atoms with Crippen molar-refractivity contribution in [3.63, 3.8) is 0 Å². The molecule has 1 heterocycles. The van der Waals surface area contributed by atoms with Crippen LogP contribution in [0.5, 0.6) is 0 Å². The molecule has 158 valence electrons. The smallest absolute Gasteiger partial charge is 0.307 e. The molecule has 0 saturated carbocycles. The van der Waals surface area contributed by atoms with E-state index in [0.717, 1.165) is 11.1 Å². The number of hydrogen-bond donors (Lipinski definition) is 0. The van der Waals surface area contributed by atoms with Crippen molar-refractivity contribution in [1.82, 2.24) is 9.97 Å². The molecule has 0 fully saturated rings. The van der Waals surface area contributed by atoms with Crippen LogP contribution in [-0.4, -0.2) is 21.5 Å². The Morgan fingerprint density at radius 1 is 1.10 bits per heavy atom. The van der Waals surface area contributed by atoms with Crippen LogP contribution >= 0.6 is 0 Å². The fourth-order valence-corrected chi connectivity index (χ4v) is 3.21. The van der Waals surface area contributed by atoms with Crippen molar-refractivity contribution in [3.8, 4) is 6.07 Å². The molecule has 0 amide bonds. The normalized spacial score (nSPS) is 12.1. The van der Waals surface area contributed by atoms with Crippen LogP contribution in [0.2, 0.25) is 0 Å². The Balaban J connectivity index is 1.89. The first kappa shape index (κ1) is 22.1. The number of ether oxygens (including phenoxy) is 1. The van der Waals surface area contributed by atoms with Gasteiger partial charge in [-0.3, -0.25) is 4.79 Å². The molecule has 0 aliphatic heterocycles. The zero-order valence-electron chi connectivity index (χ0n) is 17.8. The maximum absolute atomic E-state index is 13.5.